The first kappa shape index (κ1) is 25.5. The van der Waals surface area contributed by atoms with E-state index in [0.29, 0.717) is 11.1 Å². The molecule has 0 aliphatic carbocycles. The summed E-state index contributed by atoms with van der Waals surface area (Å²) in [5.74, 6) is -0.782. The Morgan fingerprint density at radius 1 is 1.23 bits per heavy atom. The van der Waals surface area contributed by atoms with Gasteiger partial charge >= 0.3 is 6.18 Å². The van der Waals surface area contributed by atoms with Crippen molar-refractivity contribution in [3.05, 3.63) is 54.4 Å². The Morgan fingerprint density at radius 2 is 1.94 bits per heavy atom. The summed E-state index contributed by atoms with van der Waals surface area (Å²) < 4.78 is 62.7. The zero-order valence-corrected chi connectivity index (χ0v) is 19.5. The Kier molecular flexibility index (Phi) is 7.44. The molecule has 35 heavy (non-hydrogen) atoms. The fraction of sp³-hybridized carbons (Fsp3) is 0.520. The molecule has 1 amide bonds. The number of alkyl halides is 4. The molecule has 0 radical (unpaired) electrons. The molecule has 3 heterocycles. The topological polar surface area (TPSA) is 74.7 Å². The van der Waals surface area contributed by atoms with Crippen molar-refractivity contribution in [1.82, 2.24) is 15.2 Å². The molecule has 2 aliphatic rings. The number of amides is 1. The van der Waals surface area contributed by atoms with Gasteiger partial charge in [0.1, 0.15) is 24.4 Å². The zero-order chi connectivity index (χ0) is 25.3. The van der Waals surface area contributed by atoms with Crippen LogP contribution in [0.1, 0.15) is 31.9 Å². The van der Waals surface area contributed by atoms with E-state index in [9.17, 15) is 27.5 Å². The van der Waals surface area contributed by atoms with E-state index >= 15 is 0 Å². The molecule has 6 atom stereocenters. The second-order valence-corrected chi connectivity index (χ2v) is 9.55. The van der Waals surface area contributed by atoms with Crippen LogP contribution in [-0.2, 0) is 9.53 Å². The lowest BCUT2D eigenvalue weighted by molar-refractivity contribution is -0.163. The zero-order valence-electron chi connectivity index (χ0n) is 19.5. The van der Waals surface area contributed by atoms with Crippen LogP contribution in [0.25, 0.3) is 11.1 Å². The first-order valence-electron chi connectivity index (χ1n) is 11.6. The summed E-state index contributed by atoms with van der Waals surface area (Å²) in [7, 11) is 0. The molecule has 0 spiro atoms. The van der Waals surface area contributed by atoms with Crippen LogP contribution in [0.2, 0.25) is 0 Å². The maximum atomic E-state index is 14.5. The lowest BCUT2D eigenvalue weighted by atomic mass is 9.96. The van der Waals surface area contributed by atoms with Crippen molar-refractivity contribution >= 4 is 5.91 Å². The molecule has 4 rings (SSSR count). The lowest BCUT2D eigenvalue weighted by Gasteiger charge is -2.33. The average Bonchev–Trinajstić information content (AvgIpc) is 3.36. The fourth-order valence-corrected chi connectivity index (χ4v) is 4.91. The number of pyridine rings is 1. The van der Waals surface area contributed by atoms with Crippen LogP contribution < -0.4 is 5.32 Å². The largest absolute Gasteiger partial charge is 0.407 e. The van der Waals surface area contributed by atoms with Crippen LogP contribution in [0.15, 0.2) is 48.8 Å². The molecule has 2 saturated heterocycles. The van der Waals surface area contributed by atoms with Gasteiger partial charge in [0, 0.05) is 12.4 Å². The highest BCUT2D eigenvalue weighted by molar-refractivity contribution is 5.83. The van der Waals surface area contributed by atoms with Gasteiger partial charge in [0.25, 0.3) is 0 Å². The van der Waals surface area contributed by atoms with Crippen molar-refractivity contribution in [3.8, 4) is 11.1 Å². The molecule has 2 aliphatic heterocycles. The quantitative estimate of drug-likeness (QED) is 0.574. The Labute approximate surface area is 201 Å². The third-order valence-corrected chi connectivity index (χ3v) is 6.49. The minimum Gasteiger partial charge on any atom is -0.388 e. The van der Waals surface area contributed by atoms with E-state index in [4.69, 9.17) is 4.74 Å². The van der Waals surface area contributed by atoms with Crippen LogP contribution >= 0.6 is 0 Å². The van der Waals surface area contributed by atoms with Gasteiger partial charge in [0.05, 0.1) is 25.2 Å². The maximum absolute atomic E-state index is 14.5. The summed E-state index contributed by atoms with van der Waals surface area (Å²) in [6, 6.07) is 5.19. The van der Waals surface area contributed by atoms with Gasteiger partial charge in [0.15, 0.2) is 0 Å². The molecule has 1 aromatic carbocycles. The molecule has 2 aromatic rings. The molecular formula is C25H29F4N3O3. The molecule has 1 aromatic heterocycles. The number of carbonyl (C=O) groups is 1. The van der Waals surface area contributed by atoms with E-state index in [1.165, 1.54) is 18.2 Å². The van der Waals surface area contributed by atoms with Crippen molar-refractivity contribution in [2.75, 3.05) is 13.2 Å². The maximum Gasteiger partial charge on any atom is 0.407 e. The summed E-state index contributed by atoms with van der Waals surface area (Å²) >= 11 is 0. The van der Waals surface area contributed by atoms with E-state index in [0.717, 1.165) is 4.90 Å². The van der Waals surface area contributed by atoms with Gasteiger partial charge in [-0.2, -0.15) is 13.2 Å². The Morgan fingerprint density at radius 3 is 2.60 bits per heavy atom. The van der Waals surface area contributed by atoms with Gasteiger partial charge in [-0.1, -0.05) is 32.0 Å². The molecule has 2 fully saturated rings. The van der Waals surface area contributed by atoms with Crippen LogP contribution in [0.3, 0.4) is 0 Å². The predicted octanol–water partition coefficient (Wildman–Crippen LogP) is 3.66. The summed E-state index contributed by atoms with van der Waals surface area (Å²) in [4.78, 5) is 18.5. The monoisotopic (exact) mass is 495 g/mol. The number of benzene rings is 1. The van der Waals surface area contributed by atoms with Crippen LogP contribution in [-0.4, -0.2) is 70.7 Å². The highest BCUT2D eigenvalue weighted by Gasteiger charge is 2.54. The predicted molar refractivity (Wildman–Crippen MR) is 121 cm³/mol. The Bertz CT molecular complexity index is 1020. The first-order chi connectivity index (χ1) is 16.6. The number of nitrogens with zero attached hydrogens (tertiary/aromatic N) is 2. The Balaban J connectivity index is 1.63. The summed E-state index contributed by atoms with van der Waals surface area (Å²) in [5.41, 5.74) is 1.26. The molecule has 2 N–H and O–H groups in total. The summed E-state index contributed by atoms with van der Waals surface area (Å²) in [5, 5.41) is 12.8. The molecule has 10 heteroatoms. The number of aromatic nitrogens is 1. The van der Waals surface area contributed by atoms with E-state index < -0.39 is 48.6 Å². The normalized spacial score (nSPS) is 26.1. The molecule has 6 nitrogen and oxygen atoms in total. The van der Waals surface area contributed by atoms with Crippen LogP contribution in [0.4, 0.5) is 17.6 Å². The number of halogens is 4. The second-order valence-electron chi connectivity index (χ2n) is 9.55. The number of hydrogen-bond acceptors (Lipinski definition) is 5. The number of likely N-dealkylation sites (tertiary alicyclic amines) is 1. The summed E-state index contributed by atoms with van der Waals surface area (Å²) in [6.07, 6.45) is -5.03. The number of rotatable bonds is 7. The Hall–Kier alpha value is -2.56. The van der Waals surface area contributed by atoms with Crippen molar-refractivity contribution in [3.63, 3.8) is 0 Å². The SMILES string of the molecule is CC(C)CC(N[C@@H](c1cccc(-c2ccncc2)c1)C(F)(F)F)C(=O)N1C[C@H](F)[C@H]2OC[C@H](O)[C@H]21. The second kappa shape index (κ2) is 10.2. The van der Waals surface area contributed by atoms with Crippen molar-refractivity contribution in [2.45, 2.75) is 62.9 Å². The number of hydrogen-bond donors (Lipinski definition) is 2. The van der Waals surface area contributed by atoms with Crippen molar-refractivity contribution < 1.29 is 32.2 Å². The number of ether oxygens (including phenoxy) is 1. The molecular weight excluding hydrogens is 466 g/mol. The van der Waals surface area contributed by atoms with E-state index in [2.05, 4.69) is 10.3 Å². The van der Waals surface area contributed by atoms with Gasteiger partial charge in [-0.3, -0.25) is 15.1 Å². The lowest BCUT2D eigenvalue weighted by Crippen LogP contribution is -2.54. The fourth-order valence-electron chi connectivity index (χ4n) is 4.91. The number of aliphatic hydroxyl groups excluding tert-OH is 1. The molecule has 0 bridgehead atoms. The number of carbonyl (C=O) groups excluding carboxylic acids is 1. The minimum atomic E-state index is -4.70. The van der Waals surface area contributed by atoms with Gasteiger partial charge in [-0.05, 0) is 47.2 Å². The molecule has 1 unspecified atom stereocenters. The first-order valence-corrected chi connectivity index (χ1v) is 11.6. The van der Waals surface area contributed by atoms with Crippen LogP contribution in [0.5, 0.6) is 0 Å². The number of nitrogens with one attached hydrogen (secondary N) is 1. The molecule has 0 saturated carbocycles. The smallest absolute Gasteiger partial charge is 0.388 e. The highest BCUT2D eigenvalue weighted by atomic mass is 19.4. The van der Waals surface area contributed by atoms with Gasteiger partial charge < -0.3 is 14.7 Å². The van der Waals surface area contributed by atoms with Gasteiger partial charge in [-0.15, -0.1) is 0 Å². The highest BCUT2D eigenvalue weighted by Crippen LogP contribution is 2.37. The summed E-state index contributed by atoms with van der Waals surface area (Å²) in [6.45, 7) is 3.16. The van der Waals surface area contributed by atoms with Crippen molar-refractivity contribution in [1.29, 1.82) is 0 Å². The molecule has 190 valence electrons. The van der Waals surface area contributed by atoms with E-state index in [1.54, 1.807) is 44.4 Å². The van der Waals surface area contributed by atoms with E-state index in [1.807, 2.05) is 0 Å². The van der Waals surface area contributed by atoms with Gasteiger partial charge in [-0.25, -0.2) is 4.39 Å². The third kappa shape index (κ3) is 5.49. The number of aliphatic hydroxyl groups is 1. The average molecular weight is 496 g/mol. The van der Waals surface area contributed by atoms with Crippen molar-refractivity contribution in [2.24, 2.45) is 5.92 Å². The van der Waals surface area contributed by atoms with Gasteiger partial charge in [0.2, 0.25) is 5.91 Å². The van der Waals surface area contributed by atoms with Crippen LogP contribution in [0, 0.1) is 5.92 Å². The number of fused-ring (bicyclic) bond motifs is 1. The standard InChI is InChI=1S/C25H29F4N3O3/c1-14(2)10-19(24(34)32-12-18(26)22-21(32)20(33)13-35-22)31-23(25(27,28)29)17-5-3-4-16(11-17)15-6-8-30-9-7-15/h3-9,11,14,18-23,31,33H,10,12-13H2,1-2H3/t18-,19?,20-,21+,22+,23-/m0/s1. The van der Waals surface area contributed by atoms with E-state index in [-0.39, 0.29) is 31.1 Å². The third-order valence-electron chi connectivity index (χ3n) is 6.49. The minimum absolute atomic E-state index is 0.0414.